The average Bonchev–Trinajstić information content (AvgIpc) is 3.51. The number of likely N-dealkylation sites (tertiary alicyclic amines) is 1. The van der Waals surface area contributed by atoms with Crippen LogP contribution in [-0.4, -0.2) is 94.4 Å². The van der Waals surface area contributed by atoms with Crippen LogP contribution in [-0.2, 0) is 4.74 Å². The molecule has 1 aromatic carbocycles. The number of aromatic nitrogens is 2. The molecule has 0 radical (unpaired) electrons. The molecule has 2 unspecified atom stereocenters. The van der Waals surface area contributed by atoms with Gasteiger partial charge in [-0.1, -0.05) is 0 Å². The third-order valence-electron chi connectivity index (χ3n) is 8.00. The summed E-state index contributed by atoms with van der Waals surface area (Å²) >= 11 is -1.26. The van der Waals surface area contributed by atoms with Gasteiger partial charge in [0.1, 0.15) is 0 Å². The van der Waals surface area contributed by atoms with Crippen LogP contribution >= 0.6 is 0 Å². The second-order valence-electron chi connectivity index (χ2n) is 10.2. The van der Waals surface area contributed by atoms with Crippen molar-refractivity contribution in [2.45, 2.75) is 24.4 Å². The Morgan fingerprint density at radius 3 is 2.92 bits per heavy atom. The van der Waals surface area contributed by atoms with E-state index in [1.165, 1.54) is 0 Å². The normalized spacial score (nSPS) is 22.3. The minimum absolute atomic E-state index is 0.0837. The van der Waals surface area contributed by atoms with Crippen LogP contribution < -0.4 is 25.1 Å². The Morgan fingerprint density at radius 2 is 2.21 bits per heavy atom. The molecule has 2 saturated heterocycles. The molecule has 2 atom stereocenters. The van der Waals surface area contributed by atoms with Crippen LogP contribution in [0.25, 0.3) is 5.52 Å². The molecular weight excluding hydrogens is 566 g/mol. The minimum atomic E-state index is -1.26. The molecule has 9 nitrogen and oxygen atoms in total. The number of carbonyl (C=O) groups excluding carboxylic acids is 1. The van der Waals surface area contributed by atoms with Gasteiger partial charge in [0.2, 0.25) is 0 Å². The zero-order valence-corrected chi connectivity index (χ0v) is 23.6. The second-order valence-corrected chi connectivity index (χ2v) is 11.4. The Labute approximate surface area is 233 Å². The number of benzene rings is 1. The molecule has 4 heterocycles. The number of anilines is 2. The van der Waals surface area contributed by atoms with E-state index in [0.29, 0.717) is 39.1 Å². The second kappa shape index (κ2) is 10.7. The van der Waals surface area contributed by atoms with E-state index < -0.39 is 15.4 Å². The third-order valence-corrected chi connectivity index (χ3v) is 9.17. The van der Waals surface area contributed by atoms with Crippen molar-refractivity contribution in [3.8, 4) is 17.6 Å². The fourth-order valence-corrected chi connectivity index (χ4v) is 6.42. The van der Waals surface area contributed by atoms with E-state index in [2.05, 4.69) is 32.7 Å². The number of pyridine rings is 1. The van der Waals surface area contributed by atoms with Gasteiger partial charge in [-0.25, -0.2) is 0 Å². The molecule has 6 rings (SSSR count). The average molecular weight is 598 g/mol. The van der Waals surface area contributed by atoms with Gasteiger partial charge in [0, 0.05) is 0 Å². The van der Waals surface area contributed by atoms with E-state index in [4.69, 9.17) is 14.6 Å². The van der Waals surface area contributed by atoms with Crippen molar-refractivity contribution < 1.29 is 17.8 Å². The van der Waals surface area contributed by atoms with Crippen molar-refractivity contribution in [2.75, 3.05) is 57.6 Å². The van der Waals surface area contributed by atoms with Crippen molar-refractivity contribution in [3.05, 3.63) is 47.7 Å². The van der Waals surface area contributed by atoms with Crippen molar-refractivity contribution in [1.29, 1.82) is 0 Å². The van der Waals surface area contributed by atoms with E-state index >= 15 is 0 Å². The summed E-state index contributed by atoms with van der Waals surface area (Å²) in [6.45, 7) is 4.13. The van der Waals surface area contributed by atoms with Gasteiger partial charge < -0.3 is 0 Å². The number of fused-ring (bicyclic) bond motifs is 2. The van der Waals surface area contributed by atoms with E-state index in [1.54, 1.807) is 36.9 Å². The van der Waals surface area contributed by atoms with Gasteiger partial charge in [0.15, 0.2) is 0 Å². The Kier molecular flexibility index (Phi) is 7.12. The monoisotopic (exact) mass is 598 g/mol. The maximum absolute atomic E-state index is 14.2. The summed E-state index contributed by atoms with van der Waals surface area (Å²) < 4.78 is 27.4. The maximum atomic E-state index is 14.2. The summed E-state index contributed by atoms with van der Waals surface area (Å²) in [7, 11) is 3.15. The topological polar surface area (TPSA) is 92.2 Å². The number of methoxy groups -OCH3 is 1. The molecule has 3 aromatic rings. The van der Waals surface area contributed by atoms with Crippen LogP contribution in [0.15, 0.2) is 36.4 Å². The molecule has 1 amide bonds. The molecule has 2 aliphatic heterocycles. The summed E-state index contributed by atoms with van der Waals surface area (Å²) in [6, 6.07) is 11.6. The molecule has 3 fully saturated rings. The van der Waals surface area contributed by atoms with Crippen LogP contribution in [0.3, 0.4) is 0 Å². The fourth-order valence-electron chi connectivity index (χ4n) is 5.58. The fraction of sp³-hybridized carbons (Fsp3) is 0.429. The zero-order valence-electron chi connectivity index (χ0n) is 21.9. The van der Waals surface area contributed by atoms with Gasteiger partial charge in [-0.15, -0.1) is 0 Å². The van der Waals surface area contributed by atoms with Gasteiger partial charge in [-0.05, 0) is 0 Å². The number of nitrogens with one attached hydrogen (secondary N) is 3. The molecule has 1 saturated carbocycles. The summed E-state index contributed by atoms with van der Waals surface area (Å²) in [6.07, 6.45) is 2.21. The summed E-state index contributed by atoms with van der Waals surface area (Å²) in [4.78, 5) is 14.6. The van der Waals surface area contributed by atoms with Crippen LogP contribution in [0.2, 0.25) is 0 Å². The summed E-state index contributed by atoms with van der Waals surface area (Å²) in [5.74, 6) is 8.01. The molecule has 3 N–H and O–H groups in total. The molecular formula is C28H31FN6O3Se. The third kappa shape index (κ3) is 4.94. The van der Waals surface area contributed by atoms with E-state index in [0.717, 1.165) is 50.5 Å². The first-order chi connectivity index (χ1) is 19.0. The van der Waals surface area contributed by atoms with Crippen LogP contribution in [0.4, 0.5) is 15.1 Å². The first kappa shape index (κ1) is 26.0. The Morgan fingerprint density at radius 1 is 1.33 bits per heavy atom. The predicted octanol–water partition coefficient (Wildman–Crippen LogP) is 1.66. The number of hydrogen-bond acceptors (Lipinski definition) is 7. The Bertz CT molecular complexity index is 1460. The summed E-state index contributed by atoms with van der Waals surface area (Å²) in [5.41, 5.74) is 2.44. The van der Waals surface area contributed by atoms with E-state index in [1.807, 2.05) is 18.2 Å². The molecule has 0 spiro atoms. The van der Waals surface area contributed by atoms with Gasteiger partial charge in [-0.2, -0.15) is 0 Å². The van der Waals surface area contributed by atoms with Crippen molar-refractivity contribution >= 4 is 42.8 Å². The quantitative estimate of drug-likeness (QED) is 0.269. The molecule has 3 aliphatic rings. The number of halogens is 1. The Hall–Kier alpha value is -3.29. The van der Waals surface area contributed by atoms with Crippen molar-refractivity contribution in [1.82, 2.24) is 19.8 Å². The molecule has 2 aromatic heterocycles. The van der Waals surface area contributed by atoms with Crippen LogP contribution in [0.5, 0.6) is 5.75 Å². The van der Waals surface area contributed by atoms with Crippen LogP contribution in [0, 0.1) is 17.8 Å². The van der Waals surface area contributed by atoms with Gasteiger partial charge in [0.25, 0.3) is 0 Å². The summed E-state index contributed by atoms with van der Waals surface area (Å²) in [5, 5.41) is 14.3. The molecule has 204 valence electrons. The van der Waals surface area contributed by atoms with Gasteiger partial charge in [-0.3, -0.25) is 0 Å². The van der Waals surface area contributed by atoms with E-state index in [-0.39, 0.29) is 18.0 Å². The number of rotatable bonds is 8. The number of piperidine rings is 1. The Balaban J connectivity index is 1.18. The van der Waals surface area contributed by atoms with Crippen molar-refractivity contribution in [2.24, 2.45) is 5.92 Å². The molecule has 11 heteroatoms. The molecule has 0 bridgehead atoms. The number of hydrogen-bond donors (Lipinski definition) is 3. The van der Waals surface area contributed by atoms with Gasteiger partial charge in [0.05, 0.1) is 0 Å². The standard InChI is InChI=1S/C28H31FN6O3Se/c1-30-27(36)18-8-9-24(37-2)22(13-18)31-11-4-5-21-26(39-29)23-6-3-7-25(35(23)33-21)32-28-10-12-34(15-19(28)14-28)20-16-38-17-20/h3,6-9,13,19-20,31-32H,10-12,14-17H2,1-2H3,(H,30,36). The number of ether oxygens (including phenoxy) is 2. The van der Waals surface area contributed by atoms with E-state index in [9.17, 15) is 8.35 Å². The first-order valence-electron chi connectivity index (χ1n) is 13.1. The number of carbonyl (C=O) groups is 1. The number of nitrogens with zero attached hydrogens (tertiary/aromatic N) is 3. The number of amides is 1. The van der Waals surface area contributed by atoms with Crippen LogP contribution in [0.1, 0.15) is 28.9 Å². The van der Waals surface area contributed by atoms with Gasteiger partial charge >= 0.3 is 234 Å². The predicted molar refractivity (Wildman–Crippen MR) is 149 cm³/mol. The molecule has 1 aliphatic carbocycles. The van der Waals surface area contributed by atoms with Crippen molar-refractivity contribution in [3.63, 3.8) is 0 Å². The SMILES string of the molecule is CNC(=O)c1ccc(OC)c(NCC#Cc2nn3c(NC45CCN(C6COC6)CC4C5)cccc3c2[Se]F)c1. The first-order valence-corrected chi connectivity index (χ1v) is 14.6. The zero-order chi connectivity index (χ0) is 27.0. The molecule has 39 heavy (non-hydrogen) atoms.